The lowest BCUT2D eigenvalue weighted by atomic mass is 9.97. The second kappa shape index (κ2) is 6.02. The third kappa shape index (κ3) is 2.88. The molecule has 0 amide bonds. The van der Waals surface area contributed by atoms with Gasteiger partial charge in [0.05, 0.1) is 12.3 Å². The van der Waals surface area contributed by atoms with Gasteiger partial charge in [0, 0.05) is 12.4 Å². The van der Waals surface area contributed by atoms with E-state index in [-0.39, 0.29) is 0 Å². The zero-order chi connectivity index (χ0) is 14.8. The second-order valence-electron chi connectivity index (χ2n) is 6.28. The molecule has 2 atom stereocenters. The molecule has 0 radical (unpaired) electrons. The average Bonchev–Trinajstić information content (AvgIpc) is 3.11. The molecule has 0 aromatic carbocycles. The maximum Gasteiger partial charge on any atom is 0.240 e. The first-order valence-electron chi connectivity index (χ1n) is 7.86. The second-order valence-corrected chi connectivity index (χ2v) is 6.28. The van der Waals surface area contributed by atoms with Gasteiger partial charge in [-0.05, 0) is 43.2 Å². The maximum atomic E-state index is 6.00. The quantitative estimate of drug-likeness (QED) is 0.918. The Morgan fingerprint density at radius 3 is 2.95 bits per heavy atom. The van der Waals surface area contributed by atoms with Crippen LogP contribution in [0.15, 0.2) is 18.5 Å². The van der Waals surface area contributed by atoms with Crippen molar-refractivity contribution in [1.82, 2.24) is 14.6 Å². The molecule has 114 valence electrons. The van der Waals surface area contributed by atoms with Crippen LogP contribution in [0.2, 0.25) is 0 Å². The van der Waals surface area contributed by atoms with E-state index in [4.69, 9.17) is 10.5 Å². The van der Waals surface area contributed by atoms with Crippen LogP contribution in [0.5, 0.6) is 5.88 Å². The molecule has 2 aromatic rings. The smallest absolute Gasteiger partial charge is 0.240 e. The Labute approximate surface area is 125 Å². The van der Waals surface area contributed by atoms with Gasteiger partial charge in [-0.1, -0.05) is 20.3 Å². The van der Waals surface area contributed by atoms with Crippen LogP contribution in [0.1, 0.15) is 44.7 Å². The van der Waals surface area contributed by atoms with Gasteiger partial charge in [0.1, 0.15) is 5.52 Å². The number of fused-ring (bicyclic) bond motifs is 1. The van der Waals surface area contributed by atoms with Gasteiger partial charge in [-0.15, -0.1) is 0 Å². The van der Waals surface area contributed by atoms with E-state index in [9.17, 15) is 0 Å². The van der Waals surface area contributed by atoms with Crippen molar-refractivity contribution in [2.75, 3.05) is 13.2 Å². The summed E-state index contributed by atoms with van der Waals surface area (Å²) in [5, 5.41) is 4.56. The van der Waals surface area contributed by atoms with Crippen molar-refractivity contribution in [3.63, 3.8) is 0 Å². The van der Waals surface area contributed by atoms with Crippen molar-refractivity contribution in [1.29, 1.82) is 0 Å². The first kappa shape index (κ1) is 14.3. The van der Waals surface area contributed by atoms with Crippen LogP contribution in [-0.2, 0) is 0 Å². The zero-order valence-corrected chi connectivity index (χ0v) is 12.8. The molecule has 5 nitrogen and oxygen atoms in total. The summed E-state index contributed by atoms with van der Waals surface area (Å²) in [7, 11) is 0. The maximum absolute atomic E-state index is 6.00. The standard InChI is InChI=1S/C16H24N4O/c1-11(2)14-8-15-16(18-6-7-20(15)19-14)21-10-13-5-3-4-12(13)9-17/h6-8,11-13H,3-5,9-10,17H2,1-2H3. The summed E-state index contributed by atoms with van der Waals surface area (Å²) in [6.07, 6.45) is 7.31. The predicted molar refractivity (Wildman–Crippen MR) is 82.5 cm³/mol. The number of rotatable bonds is 5. The number of hydrogen-bond donors (Lipinski definition) is 1. The SMILES string of the molecule is CC(C)c1cc2c(OCC3CCCC3CN)nccn2n1. The molecule has 0 saturated heterocycles. The minimum absolute atomic E-state index is 0.397. The van der Waals surface area contributed by atoms with E-state index >= 15 is 0 Å². The number of nitrogens with zero attached hydrogens (tertiary/aromatic N) is 3. The van der Waals surface area contributed by atoms with E-state index in [1.807, 2.05) is 10.7 Å². The van der Waals surface area contributed by atoms with Gasteiger partial charge in [-0.25, -0.2) is 9.50 Å². The molecule has 1 aliphatic rings. The fraction of sp³-hybridized carbons (Fsp3) is 0.625. The zero-order valence-electron chi connectivity index (χ0n) is 12.8. The van der Waals surface area contributed by atoms with E-state index in [1.165, 1.54) is 19.3 Å². The van der Waals surface area contributed by atoms with Crippen molar-refractivity contribution in [3.8, 4) is 5.88 Å². The molecule has 1 fully saturated rings. The summed E-state index contributed by atoms with van der Waals surface area (Å²) in [6, 6.07) is 2.07. The van der Waals surface area contributed by atoms with Crippen LogP contribution in [0.4, 0.5) is 0 Å². The highest BCUT2D eigenvalue weighted by Crippen LogP contribution is 2.31. The van der Waals surface area contributed by atoms with Crippen molar-refractivity contribution in [2.45, 2.75) is 39.0 Å². The minimum atomic E-state index is 0.397. The molecular weight excluding hydrogens is 264 g/mol. The summed E-state index contributed by atoms with van der Waals surface area (Å²) >= 11 is 0. The molecule has 0 aliphatic heterocycles. The lowest BCUT2D eigenvalue weighted by Crippen LogP contribution is -2.23. The van der Waals surface area contributed by atoms with Crippen molar-refractivity contribution in [2.24, 2.45) is 17.6 Å². The molecule has 1 aliphatic carbocycles. The molecule has 21 heavy (non-hydrogen) atoms. The Bertz CT molecular complexity index is 607. The minimum Gasteiger partial charge on any atom is -0.476 e. The monoisotopic (exact) mass is 288 g/mol. The first-order chi connectivity index (χ1) is 10.2. The highest BCUT2D eigenvalue weighted by Gasteiger charge is 2.27. The number of hydrogen-bond acceptors (Lipinski definition) is 4. The van der Waals surface area contributed by atoms with Gasteiger partial charge < -0.3 is 10.5 Å². The van der Waals surface area contributed by atoms with E-state index in [0.717, 1.165) is 17.8 Å². The molecule has 2 aromatic heterocycles. The van der Waals surface area contributed by atoms with Crippen molar-refractivity contribution < 1.29 is 4.74 Å². The van der Waals surface area contributed by atoms with Gasteiger partial charge >= 0.3 is 0 Å². The van der Waals surface area contributed by atoms with Gasteiger partial charge in [0.15, 0.2) is 0 Å². The summed E-state index contributed by atoms with van der Waals surface area (Å²) in [4.78, 5) is 4.38. The number of nitrogens with two attached hydrogens (primary N) is 1. The lowest BCUT2D eigenvalue weighted by Gasteiger charge is -2.18. The third-order valence-electron chi connectivity index (χ3n) is 4.52. The van der Waals surface area contributed by atoms with Crippen molar-refractivity contribution >= 4 is 5.52 Å². The van der Waals surface area contributed by atoms with Crippen LogP contribution < -0.4 is 10.5 Å². The van der Waals surface area contributed by atoms with Gasteiger partial charge in [0.25, 0.3) is 0 Å². The molecule has 2 unspecified atom stereocenters. The fourth-order valence-electron chi connectivity index (χ4n) is 3.14. The molecule has 5 heteroatoms. The molecule has 2 heterocycles. The molecule has 2 N–H and O–H groups in total. The highest BCUT2D eigenvalue weighted by atomic mass is 16.5. The van der Waals surface area contributed by atoms with Crippen LogP contribution >= 0.6 is 0 Å². The summed E-state index contributed by atoms with van der Waals surface area (Å²) in [6.45, 7) is 5.74. The largest absolute Gasteiger partial charge is 0.476 e. The van der Waals surface area contributed by atoms with Crippen LogP contribution in [-0.4, -0.2) is 27.7 Å². The van der Waals surface area contributed by atoms with E-state index in [1.54, 1.807) is 6.20 Å². The molecule has 3 rings (SSSR count). The Kier molecular flexibility index (Phi) is 4.10. The Balaban J connectivity index is 1.77. The predicted octanol–water partition coefficient (Wildman–Crippen LogP) is 2.61. The summed E-state index contributed by atoms with van der Waals surface area (Å²) in [5.41, 5.74) is 7.85. The van der Waals surface area contributed by atoms with Crippen molar-refractivity contribution in [3.05, 3.63) is 24.2 Å². The number of aromatic nitrogens is 3. The topological polar surface area (TPSA) is 65.4 Å². The Morgan fingerprint density at radius 2 is 2.19 bits per heavy atom. The van der Waals surface area contributed by atoms with Gasteiger partial charge in [-0.2, -0.15) is 5.10 Å². The molecule has 0 spiro atoms. The highest BCUT2D eigenvalue weighted by molar-refractivity contribution is 5.56. The van der Waals surface area contributed by atoms with E-state index in [0.29, 0.717) is 30.2 Å². The Morgan fingerprint density at radius 1 is 1.38 bits per heavy atom. The molecule has 1 saturated carbocycles. The average molecular weight is 288 g/mol. The third-order valence-corrected chi connectivity index (χ3v) is 4.52. The van der Waals surface area contributed by atoms with Crippen LogP contribution in [0.3, 0.4) is 0 Å². The Hall–Kier alpha value is -1.62. The van der Waals surface area contributed by atoms with Gasteiger partial charge in [0.2, 0.25) is 5.88 Å². The lowest BCUT2D eigenvalue weighted by molar-refractivity contribution is 0.212. The normalized spacial score (nSPS) is 22.3. The molecule has 0 bridgehead atoms. The molecular formula is C16H24N4O. The van der Waals surface area contributed by atoms with Crippen LogP contribution in [0, 0.1) is 11.8 Å². The van der Waals surface area contributed by atoms with Crippen LogP contribution in [0.25, 0.3) is 5.52 Å². The van der Waals surface area contributed by atoms with E-state index in [2.05, 4.69) is 30.0 Å². The summed E-state index contributed by atoms with van der Waals surface area (Å²) < 4.78 is 7.85. The van der Waals surface area contributed by atoms with E-state index < -0.39 is 0 Å². The summed E-state index contributed by atoms with van der Waals surface area (Å²) in [5.74, 6) is 2.24. The number of ether oxygens (including phenoxy) is 1. The fourth-order valence-corrected chi connectivity index (χ4v) is 3.14. The van der Waals surface area contributed by atoms with Gasteiger partial charge in [-0.3, -0.25) is 0 Å². The first-order valence-corrected chi connectivity index (χ1v) is 7.86.